The second-order valence-electron chi connectivity index (χ2n) is 4.72. The lowest BCUT2D eigenvalue weighted by Crippen LogP contribution is -2.41. The minimum absolute atomic E-state index is 0.000353. The molecule has 1 aromatic heterocycles. The van der Waals surface area contributed by atoms with E-state index in [9.17, 15) is 13.2 Å². The Labute approximate surface area is 104 Å². The van der Waals surface area contributed by atoms with Crippen LogP contribution in [0.15, 0.2) is 12.4 Å². The number of alkyl halides is 3. The van der Waals surface area contributed by atoms with Crippen LogP contribution in [0.4, 0.5) is 13.2 Å². The molecule has 0 bridgehead atoms. The summed E-state index contributed by atoms with van der Waals surface area (Å²) in [4.78, 5) is 1.46. The summed E-state index contributed by atoms with van der Waals surface area (Å²) in [6.07, 6.45) is 0.741. The van der Waals surface area contributed by atoms with Crippen LogP contribution < -0.4 is 5.73 Å². The van der Waals surface area contributed by atoms with E-state index in [0.717, 1.165) is 18.4 Å². The highest BCUT2D eigenvalue weighted by molar-refractivity contribution is 5.13. The van der Waals surface area contributed by atoms with E-state index in [2.05, 4.69) is 5.10 Å². The first-order chi connectivity index (χ1) is 8.40. The number of aryl methyl sites for hydroxylation is 1. The zero-order chi connectivity index (χ0) is 13.3. The molecule has 1 fully saturated rings. The van der Waals surface area contributed by atoms with Crippen LogP contribution in [-0.2, 0) is 7.05 Å². The Morgan fingerprint density at radius 1 is 1.56 bits per heavy atom. The predicted molar refractivity (Wildman–Crippen MR) is 60.8 cm³/mol. The van der Waals surface area contributed by atoms with Gasteiger partial charge in [0.05, 0.1) is 18.8 Å². The van der Waals surface area contributed by atoms with Crippen LogP contribution in [0, 0.1) is 0 Å². The van der Waals surface area contributed by atoms with Gasteiger partial charge in [-0.15, -0.1) is 0 Å². The fourth-order valence-corrected chi connectivity index (χ4v) is 2.18. The molecule has 0 radical (unpaired) electrons. The van der Waals surface area contributed by atoms with Crippen LogP contribution in [0.2, 0.25) is 0 Å². The molecule has 0 spiro atoms. The van der Waals surface area contributed by atoms with Crippen LogP contribution in [0.1, 0.15) is 24.4 Å². The summed E-state index contributed by atoms with van der Waals surface area (Å²) in [6, 6.07) is -0.409. The van der Waals surface area contributed by atoms with E-state index in [0.29, 0.717) is 0 Å². The first-order valence-corrected chi connectivity index (χ1v) is 5.92. The number of aromatic nitrogens is 2. The topological polar surface area (TPSA) is 47.1 Å². The van der Waals surface area contributed by atoms with E-state index in [1.807, 2.05) is 0 Å². The largest absolute Gasteiger partial charge is 0.401 e. The molecular formula is C11H17F3N4. The van der Waals surface area contributed by atoms with Gasteiger partial charge in [0.15, 0.2) is 0 Å². The van der Waals surface area contributed by atoms with Crippen molar-refractivity contribution in [3.8, 4) is 0 Å². The molecule has 2 N–H and O–H groups in total. The van der Waals surface area contributed by atoms with Gasteiger partial charge in [-0.1, -0.05) is 0 Å². The van der Waals surface area contributed by atoms with Crippen molar-refractivity contribution in [2.75, 3.05) is 13.1 Å². The first kappa shape index (κ1) is 13.4. The van der Waals surface area contributed by atoms with E-state index in [1.165, 1.54) is 4.90 Å². The number of nitrogens with zero attached hydrogens (tertiary/aromatic N) is 3. The van der Waals surface area contributed by atoms with Gasteiger partial charge in [0.2, 0.25) is 0 Å². The monoisotopic (exact) mass is 262 g/mol. The molecule has 1 aliphatic carbocycles. The van der Waals surface area contributed by atoms with Gasteiger partial charge in [-0.05, 0) is 12.8 Å². The van der Waals surface area contributed by atoms with Crippen molar-refractivity contribution in [3.63, 3.8) is 0 Å². The van der Waals surface area contributed by atoms with E-state index in [-0.39, 0.29) is 12.6 Å². The maximum absolute atomic E-state index is 12.6. The van der Waals surface area contributed by atoms with Crippen LogP contribution in [0.3, 0.4) is 0 Å². The highest BCUT2D eigenvalue weighted by atomic mass is 19.4. The third kappa shape index (κ3) is 3.23. The van der Waals surface area contributed by atoms with Crippen LogP contribution >= 0.6 is 0 Å². The summed E-state index contributed by atoms with van der Waals surface area (Å²) < 4.78 is 39.4. The molecule has 0 saturated heterocycles. The van der Waals surface area contributed by atoms with Crippen LogP contribution in [-0.4, -0.2) is 40.0 Å². The zero-order valence-electron chi connectivity index (χ0n) is 10.2. The average Bonchev–Trinajstić information content (AvgIpc) is 3.01. The van der Waals surface area contributed by atoms with E-state index in [1.54, 1.807) is 24.1 Å². The summed E-state index contributed by atoms with van der Waals surface area (Å²) in [5.74, 6) is 0. The molecule has 18 heavy (non-hydrogen) atoms. The minimum Gasteiger partial charge on any atom is -0.329 e. The maximum atomic E-state index is 12.6. The molecule has 1 saturated carbocycles. The highest BCUT2D eigenvalue weighted by Gasteiger charge is 2.41. The molecule has 1 heterocycles. The Hall–Kier alpha value is -1.08. The number of halogens is 3. The van der Waals surface area contributed by atoms with Crippen molar-refractivity contribution >= 4 is 0 Å². The Morgan fingerprint density at radius 2 is 2.22 bits per heavy atom. The molecule has 102 valence electrons. The highest BCUT2D eigenvalue weighted by Crippen LogP contribution is 2.36. The van der Waals surface area contributed by atoms with Crippen molar-refractivity contribution in [1.29, 1.82) is 0 Å². The SMILES string of the molecule is Cn1cc(C(CN)N(CC(F)(F)F)C2CC2)cn1. The lowest BCUT2D eigenvalue weighted by atomic mass is 10.1. The Kier molecular flexibility index (Phi) is 3.63. The number of nitrogens with two attached hydrogens (primary N) is 1. The lowest BCUT2D eigenvalue weighted by Gasteiger charge is -2.31. The quantitative estimate of drug-likeness (QED) is 0.873. The average molecular weight is 262 g/mol. The van der Waals surface area contributed by atoms with Crippen molar-refractivity contribution < 1.29 is 13.2 Å². The molecule has 1 atom stereocenters. The molecule has 1 aromatic rings. The number of rotatable bonds is 5. The predicted octanol–water partition coefficient (Wildman–Crippen LogP) is 1.45. The second-order valence-corrected chi connectivity index (χ2v) is 4.72. The van der Waals surface area contributed by atoms with Gasteiger partial charge in [0, 0.05) is 31.4 Å². The first-order valence-electron chi connectivity index (χ1n) is 5.92. The third-order valence-corrected chi connectivity index (χ3v) is 3.11. The number of hydrogen-bond donors (Lipinski definition) is 1. The standard InChI is InChI=1S/C11H17F3N4/c1-17-6-8(5-16-17)10(4-15)18(9-2-3-9)7-11(12,13)14/h5-6,9-10H,2-4,7,15H2,1H3. The van der Waals surface area contributed by atoms with Crippen molar-refractivity contribution in [3.05, 3.63) is 18.0 Å². The summed E-state index contributed by atoms with van der Waals surface area (Å²) in [6.45, 7) is -0.743. The number of hydrogen-bond acceptors (Lipinski definition) is 3. The molecule has 0 aromatic carbocycles. The smallest absolute Gasteiger partial charge is 0.329 e. The van der Waals surface area contributed by atoms with Gasteiger partial charge < -0.3 is 5.73 Å². The summed E-state index contributed by atoms with van der Waals surface area (Å²) in [5.41, 5.74) is 6.40. The summed E-state index contributed by atoms with van der Waals surface area (Å²) in [5, 5.41) is 4.00. The van der Waals surface area contributed by atoms with Crippen LogP contribution in [0.5, 0.6) is 0 Å². The summed E-state index contributed by atoms with van der Waals surface area (Å²) in [7, 11) is 1.74. The van der Waals surface area contributed by atoms with E-state index < -0.39 is 18.8 Å². The normalized spacial score (nSPS) is 18.3. The van der Waals surface area contributed by atoms with Gasteiger partial charge in [-0.25, -0.2) is 0 Å². The second kappa shape index (κ2) is 4.89. The molecule has 7 heteroatoms. The van der Waals surface area contributed by atoms with Gasteiger partial charge in [-0.3, -0.25) is 9.58 Å². The fraction of sp³-hybridized carbons (Fsp3) is 0.727. The molecule has 4 nitrogen and oxygen atoms in total. The van der Waals surface area contributed by atoms with Crippen molar-refractivity contribution in [1.82, 2.24) is 14.7 Å². The van der Waals surface area contributed by atoms with Crippen molar-refractivity contribution in [2.24, 2.45) is 12.8 Å². The van der Waals surface area contributed by atoms with Crippen molar-refractivity contribution in [2.45, 2.75) is 31.1 Å². The van der Waals surface area contributed by atoms with E-state index in [4.69, 9.17) is 5.73 Å². The summed E-state index contributed by atoms with van der Waals surface area (Å²) >= 11 is 0. The molecule has 2 rings (SSSR count). The Balaban J connectivity index is 2.17. The zero-order valence-corrected chi connectivity index (χ0v) is 10.2. The van der Waals surface area contributed by atoms with Gasteiger partial charge >= 0.3 is 6.18 Å². The fourth-order valence-electron chi connectivity index (χ4n) is 2.18. The Bertz CT molecular complexity index is 397. The van der Waals surface area contributed by atoms with Gasteiger partial charge in [0.25, 0.3) is 0 Å². The molecule has 1 unspecified atom stereocenters. The lowest BCUT2D eigenvalue weighted by molar-refractivity contribution is -0.152. The third-order valence-electron chi connectivity index (χ3n) is 3.11. The maximum Gasteiger partial charge on any atom is 0.401 e. The van der Waals surface area contributed by atoms with Crippen LogP contribution in [0.25, 0.3) is 0 Å². The Morgan fingerprint density at radius 3 is 2.61 bits per heavy atom. The van der Waals surface area contributed by atoms with Gasteiger partial charge in [-0.2, -0.15) is 18.3 Å². The molecule has 0 aliphatic heterocycles. The molecule has 1 aliphatic rings. The molecule has 0 amide bonds. The minimum atomic E-state index is -4.20. The van der Waals surface area contributed by atoms with E-state index >= 15 is 0 Å². The molecular weight excluding hydrogens is 245 g/mol. The van der Waals surface area contributed by atoms with Gasteiger partial charge in [0.1, 0.15) is 0 Å².